The summed E-state index contributed by atoms with van der Waals surface area (Å²) < 4.78 is 19.9. The highest BCUT2D eigenvalue weighted by molar-refractivity contribution is 6.05. The van der Waals surface area contributed by atoms with E-state index in [-0.39, 0.29) is 11.7 Å². The van der Waals surface area contributed by atoms with Crippen LogP contribution in [0.5, 0.6) is 0 Å². The van der Waals surface area contributed by atoms with Gasteiger partial charge in [-0.1, -0.05) is 6.07 Å². The second-order valence-corrected chi connectivity index (χ2v) is 8.68. The number of benzene rings is 2. The Morgan fingerprint density at radius 1 is 1.26 bits per heavy atom. The first-order valence-electron chi connectivity index (χ1n) is 10.9. The SMILES string of the molecule is Cc1c(F)cc(CN2CCCC2)cc1-c1ccc2[nH]nc(C(=O)NCC3COC3)c2c1. The zero-order valence-corrected chi connectivity index (χ0v) is 17.7. The average Bonchev–Trinajstić information content (AvgIpc) is 3.38. The predicted molar refractivity (Wildman–Crippen MR) is 117 cm³/mol. The molecule has 3 aromatic rings. The van der Waals surface area contributed by atoms with E-state index in [1.165, 1.54) is 12.8 Å². The molecule has 0 spiro atoms. The maximum atomic E-state index is 14.8. The number of nitrogens with one attached hydrogen (secondary N) is 2. The van der Waals surface area contributed by atoms with Gasteiger partial charge >= 0.3 is 0 Å². The first kappa shape index (κ1) is 20.2. The van der Waals surface area contributed by atoms with E-state index in [0.717, 1.165) is 47.2 Å². The summed E-state index contributed by atoms with van der Waals surface area (Å²) in [5.41, 5.74) is 4.48. The minimum Gasteiger partial charge on any atom is -0.381 e. The van der Waals surface area contributed by atoms with Crippen LogP contribution in [-0.4, -0.2) is 53.9 Å². The quantitative estimate of drug-likeness (QED) is 0.636. The number of fused-ring (bicyclic) bond motifs is 1. The maximum Gasteiger partial charge on any atom is 0.272 e. The average molecular weight is 423 g/mol. The van der Waals surface area contributed by atoms with Gasteiger partial charge in [-0.25, -0.2) is 4.39 Å². The van der Waals surface area contributed by atoms with Crippen LogP contribution in [0.2, 0.25) is 0 Å². The van der Waals surface area contributed by atoms with Crippen LogP contribution in [-0.2, 0) is 11.3 Å². The van der Waals surface area contributed by atoms with Gasteiger partial charge in [0, 0.05) is 24.4 Å². The zero-order chi connectivity index (χ0) is 21.4. The number of ether oxygens (including phenoxy) is 1. The van der Waals surface area contributed by atoms with Gasteiger partial charge in [-0.15, -0.1) is 0 Å². The van der Waals surface area contributed by atoms with Crippen molar-refractivity contribution in [1.29, 1.82) is 0 Å². The Hall–Kier alpha value is -2.77. The molecule has 0 atom stereocenters. The van der Waals surface area contributed by atoms with Crippen LogP contribution in [0, 0.1) is 18.7 Å². The lowest BCUT2D eigenvalue weighted by Crippen LogP contribution is -2.39. The van der Waals surface area contributed by atoms with Crippen molar-refractivity contribution in [2.45, 2.75) is 26.3 Å². The third kappa shape index (κ3) is 4.07. The monoisotopic (exact) mass is 422 g/mol. The molecular weight excluding hydrogens is 395 g/mol. The fourth-order valence-electron chi connectivity index (χ4n) is 4.40. The highest BCUT2D eigenvalue weighted by Gasteiger charge is 2.21. The number of aromatic amines is 1. The molecule has 0 bridgehead atoms. The summed E-state index contributed by atoms with van der Waals surface area (Å²) >= 11 is 0. The van der Waals surface area contributed by atoms with Crippen LogP contribution in [0.3, 0.4) is 0 Å². The van der Waals surface area contributed by atoms with Crippen molar-refractivity contribution in [3.8, 4) is 11.1 Å². The number of amides is 1. The number of hydrogen-bond acceptors (Lipinski definition) is 4. The molecule has 2 N–H and O–H groups in total. The van der Waals surface area contributed by atoms with Gasteiger partial charge in [0.05, 0.1) is 18.7 Å². The van der Waals surface area contributed by atoms with E-state index >= 15 is 0 Å². The van der Waals surface area contributed by atoms with Crippen molar-refractivity contribution in [3.63, 3.8) is 0 Å². The Kier molecular flexibility index (Phi) is 5.46. The van der Waals surface area contributed by atoms with Gasteiger partial charge in [0.15, 0.2) is 5.69 Å². The summed E-state index contributed by atoms with van der Waals surface area (Å²) in [5.74, 6) is -0.0330. The fourth-order valence-corrected chi connectivity index (χ4v) is 4.40. The molecule has 0 saturated carbocycles. The Balaban J connectivity index is 1.45. The van der Waals surface area contributed by atoms with E-state index in [4.69, 9.17) is 4.74 Å². The first-order valence-corrected chi connectivity index (χ1v) is 10.9. The van der Waals surface area contributed by atoms with E-state index in [2.05, 4.69) is 26.5 Å². The van der Waals surface area contributed by atoms with Gasteiger partial charge in [0.1, 0.15) is 5.82 Å². The van der Waals surface area contributed by atoms with E-state index in [1.807, 2.05) is 18.2 Å². The van der Waals surface area contributed by atoms with Crippen molar-refractivity contribution in [2.24, 2.45) is 5.92 Å². The molecule has 0 aliphatic carbocycles. The largest absolute Gasteiger partial charge is 0.381 e. The van der Waals surface area contributed by atoms with Crippen molar-refractivity contribution in [1.82, 2.24) is 20.4 Å². The number of rotatable bonds is 6. The second kappa shape index (κ2) is 8.40. The molecule has 6 nitrogen and oxygen atoms in total. The van der Waals surface area contributed by atoms with Gasteiger partial charge in [-0.3, -0.25) is 14.8 Å². The normalized spacial score (nSPS) is 17.2. The van der Waals surface area contributed by atoms with Crippen LogP contribution in [0.25, 0.3) is 22.0 Å². The van der Waals surface area contributed by atoms with Gasteiger partial charge in [-0.2, -0.15) is 5.10 Å². The number of nitrogens with zero attached hydrogens (tertiary/aromatic N) is 2. The molecule has 1 amide bonds. The van der Waals surface area contributed by atoms with Crippen molar-refractivity contribution >= 4 is 16.8 Å². The number of likely N-dealkylation sites (tertiary alicyclic amines) is 1. The van der Waals surface area contributed by atoms with Gasteiger partial charge < -0.3 is 10.1 Å². The van der Waals surface area contributed by atoms with Gasteiger partial charge in [0.2, 0.25) is 0 Å². The fraction of sp³-hybridized carbons (Fsp3) is 0.417. The molecule has 3 heterocycles. The summed E-state index contributed by atoms with van der Waals surface area (Å²) in [5, 5.41) is 10.8. The number of hydrogen-bond donors (Lipinski definition) is 2. The lowest BCUT2D eigenvalue weighted by atomic mass is 9.96. The van der Waals surface area contributed by atoms with E-state index in [1.54, 1.807) is 13.0 Å². The third-order valence-corrected chi connectivity index (χ3v) is 6.36. The summed E-state index contributed by atoms with van der Waals surface area (Å²) in [6.45, 7) is 6.65. The number of carbonyl (C=O) groups is 1. The standard InChI is InChI=1S/C24H27FN4O2/c1-15-19(8-16(9-21(15)25)12-29-6-2-3-7-29)18-4-5-22-20(10-18)23(28-27-22)24(30)26-11-17-13-31-14-17/h4-5,8-10,17H,2-3,6-7,11-14H2,1H3,(H,26,30)(H,27,28). The topological polar surface area (TPSA) is 70.2 Å². The number of halogens is 1. The van der Waals surface area contributed by atoms with E-state index in [0.29, 0.717) is 36.9 Å². The summed E-state index contributed by atoms with van der Waals surface area (Å²) in [7, 11) is 0. The molecule has 162 valence electrons. The van der Waals surface area contributed by atoms with Gasteiger partial charge in [-0.05, 0) is 79.4 Å². The lowest BCUT2D eigenvalue weighted by Gasteiger charge is -2.25. The first-order chi connectivity index (χ1) is 15.1. The van der Waals surface area contributed by atoms with Crippen molar-refractivity contribution < 1.29 is 13.9 Å². The van der Waals surface area contributed by atoms with E-state index in [9.17, 15) is 9.18 Å². The third-order valence-electron chi connectivity index (χ3n) is 6.36. The molecule has 2 aromatic carbocycles. The Labute approximate surface area is 180 Å². The summed E-state index contributed by atoms with van der Waals surface area (Å²) in [4.78, 5) is 15.0. The maximum absolute atomic E-state index is 14.8. The molecule has 1 aromatic heterocycles. The molecule has 0 radical (unpaired) electrons. The molecule has 7 heteroatoms. The molecule has 31 heavy (non-hydrogen) atoms. The predicted octanol–water partition coefficient (Wildman–Crippen LogP) is 3.65. The Bertz CT molecular complexity index is 1120. The molecule has 2 fully saturated rings. The van der Waals surface area contributed by atoms with Gasteiger partial charge in [0.25, 0.3) is 5.91 Å². The van der Waals surface area contributed by atoms with E-state index < -0.39 is 0 Å². The van der Waals surface area contributed by atoms with Crippen LogP contribution in [0.15, 0.2) is 30.3 Å². The summed E-state index contributed by atoms with van der Waals surface area (Å²) in [6.07, 6.45) is 2.41. The lowest BCUT2D eigenvalue weighted by molar-refractivity contribution is -0.0298. The highest BCUT2D eigenvalue weighted by Crippen LogP contribution is 2.31. The molecule has 2 saturated heterocycles. The molecule has 2 aliphatic rings. The second-order valence-electron chi connectivity index (χ2n) is 8.68. The van der Waals surface area contributed by atoms with Crippen LogP contribution < -0.4 is 5.32 Å². The minimum absolute atomic E-state index is 0.195. The Morgan fingerprint density at radius 2 is 2.06 bits per heavy atom. The van der Waals surface area contributed by atoms with Crippen LogP contribution >= 0.6 is 0 Å². The Morgan fingerprint density at radius 3 is 2.81 bits per heavy atom. The molecule has 5 rings (SSSR count). The molecule has 0 unspecified atom stereocenters. The molecular formula is C24H27FN4O2. The highest BCUT2D eigenvalue weighted by atomic mass is 19.1. The number of H-pyrrole nitrogens is 1. The summed E-state index contributed by atoms with van der Waals surface area (Å²) in [6, 6.07) is 9.51. The molecule has 2 aliphatic heterocycles. The smallest absolute Gasteiger partial charge is 0.272 e. The van der Waals surface area contributed by atoms with Crippen LogP contribution in [0.4, 0.5) is 4.39 Å². The van der Waals surface area contributed by atoms with Crippen LogP contribution in [0.1, 0.15) is 34.5 Å². The number of carbonyl (C=O) groups excluding carboxylic acids is 1. The van der Waals surface area contributed by atoms with Crippen molar-refractivity contribution in [2.75, 3.05) is 32.8 Å². The zero-order valence-electron chi connectivity index (χ0n) is 17.7. The minimum atomic E-state index is -0.207. The number of aromatic nitrogens is 2. The van der Waals surface area contributed by atoms with Crippen molar-refractivity contribution in [3.05, 3.63) is 53.0 Å².